The maximum absolute atomic E-state index is 11.7. The monoisotopic (exact) mass is 287 g/mol. The van der Waals surface area contributed by atoms with Crippen LogP contribution in [0, 0.1) is 0 Å². The maximum Gasteiger partial charge on any atom is 0.230 e. The first-order chi connectivity index (χ1) is 9.74. The molecule has 104 valence electrons. The van der Waals surface area contributed by atoms with Gasteiger partial charge in [0, 0.05) is 13.1 Å². The van der Waals surface area contributed by atoms with Crippen LogP contribution in [-0.2, 0) is 11.8 Å². The molecule has 1 heterocycles. The van der Waals surface area contributed by atoms with Crippen molar-refractivity contribution in [1.29, 1.82) is 0 Å². The fraction of sp³-hybridized carbons (Fsp3) is 0.333. The van der Waals surface area contributed by atoms with Gasteiger partial charge < -0.3 is 9.88 Å². The van der Waals surface area contributed by atoms with E-state index in [0.29, 0.717) is 11.8 Å². The lowest BCUT2D eigenvalue weighted by Gasteiger charge is -2.06. The average Bonchev–Trinajstić information content (AvgIpc) is 3.19. The van der Waals surface area contributed by atoms with Gasteiger partial charge in [-0.1, -0.05) is 42.1 Å². The van der Waals surface area contributed by atoms with E-state index in [9.17, 15) is 4.79 Å². The first-order valence-corrected chi connectivity index (χ1v) is 7.72. The van der Waals surface area contributed by atoms with E-state index in [4.69, 9.17) is 0 Å². The number of amides is 1. The molecule has 4 nitrogen and oxygen atoms in total. The number of nitrogens with one attached hydrogen (secondary N) is 1. The highest BCUT2D eigenvalue weighted by Crippen LogP contribution is 2.25. The molecule has 5 heteroatoms. The van der Waals surface area contributed by atoms with Crippen LogP contribution in [0.3, 0.4) is 0 Å². The van der Waals surface area contributed by atoms with E-state index < -0.39 is 0 Å². The molecule has 0 spiro atoms. The Hall–Kier alpha value is -1.75. The van der Waals surface area contributed by atoms with Crippen LogP contribution < -0.4 is 5.32 Å². The topological polar surface area (TPSA) is 46.9 Å². The SMILES string of the molecule is Cn1c(-c2ccccc2)cnc1SCC(=O)NC1CC1. The molecule has 0 radical (unpaired) electrons. The normalized spacial score (nSPS) is 14.2. The summed E-state index contributed by atoms with van der Waals surface area (Å²) < 4.78 is 2.03. The number of thioether (sulfide) groups is 1. The number of aromatic nitrogens is 2. The van der Waals surface area contributed by atoms with Crippen LogP contribution in [0.1, 0.15) is 12.8 Å². The van der Waals surface area contributed by atoms with Crippen molar-refractivity contribution < 1.29 is 4.79 Å². The summed E-state index contributed by atoms with van der Waals surface area (Å²) in [6.45, 7) is 0. The highest BCUT2D eigenvalue weighted by atomic mass is 32.2. The van der Waals surface area contributed by atoms with Gasteiger partial charge in [-0.25, -0.2) is 4.98 Å². The second-order valence-corrected chi connectivity index (χ2v) is 5.92. The molecule has 1 aromatic carbocycles. The van der Waals surface area contributed by atoms with E-state index in [0.717, 1.165) is 29.3 Å². The van der Waals surface area contributed by atoms with Crippen molar-refractivity contribution >= 4 is 17.7 Å². The third-order valence-corrected chi connectivity index (χ3v) is 4.33. The van der Waals surface area contributed by atoms with Crippen LogP contribution in [0.25, 0.3) is 11.3 Å². The van der Waals surface area contributed by atoms with Gasteiger partial charge in [-0.2, -0.15) is 0 Å². The Balaban J connectivity index is 1.65. The number of hydrogen-bond donors (Lipinski definition) is 1. The van der Waals surface area contributed by atoms with E-state index in [2.05, 4.69) is 22.4 Å². The van der Waals surface area contributed by atoms with Crippen LogP contribution >= 0.6 is 11.8 Å². The van der Waals surface area contributed by atoms with Crippen LogP contribution in [0.15, 0.2) is 41.7 Å². The van der Waals surface area contributed by atoms with Crippen molar-refractivity contribution in [3.8, 4) is 11.3 Å². The van der Waals surface area contributed by atoms with E-state index in [1.165, 1.54) is 11.8 Å². The van der Waals surface area contributed by atoms with Gasteiger partial charge >= 0.3 is 0 Å². The smallest absolute Gasteiger partial charge is 0.230 e. The molecule has 1 fully saturated rings. The molecular weight excluding hydrogens is 270 g/mol. The number of imidazole rings is 1. The summed E-state index contributed by atoms with van der Waals surface area (Å²) in [5, 5.41) is 3.86. The largest absolute Gasteiger partial charge is 0.353 e. The molecule has 20 heavy (non-hydrogen) atoms. The van der Waals surface area contributed by atoms with Gasteiger partial charge in [-0.15, -0.1) is 0 Å². The molecule has 1 aliphatic carbocycles. The molecule has 1 aliphatic rings. The van der Waals surface area contributed by atoms with E-state index >= 15 is 0 Å². The standard InChI is InChI=1S/C15H17N3OS/c1-18-13(11-5-3-2-4-6-11)9-16-15(18)20-10-14(19)17-12-7-8-12/h2-6,9,12H,7-8,10H2,1H3,(H,17,19). The predicted molar refractivity (Wildman–Crippen MR) is 80.5 cm³/mol. The van der Waals surface area contributed by atoms with Crippen molar-refractivity contribution in [3.63, 3.8) is 0 Å². The van der Waals surface area contributed by atoms with Crippen LogP contribution in [0.4, 0.5) is 0 Å². The Morgan fingerprint density at radius 2 is 2.15 bits per heavy atom. The summed E-state index contributed by atoms with van der Waals surface area (Å²) in [5.41, 5.74) is 2.20. The van der Waals surface area contributed by atoms with E-state index in [1.807, 2.05) is 36.0 Å². The third kappa shape index (κ3) is 3.04. The fourth-order valence-electron chi connectivity index (χ4n) is 2.03. The maximum atomic E-state index is 11.7. The molecule has 1 aromatic heterocycles. The van der Waals surface area contributed by atoms with Crippen molar-refractivity contribution in [2.75, 3.05) is 5.75 Å². The number of benzene rings is 1. The summed E-state index contributed by atoms with van der Waals surface area (Å²) in [4.78, 5) is 16.1. The second-order valence-electron chi connectivity index (χ2n) is 4.98. The van der Waals surface area contributed by atoms with E-state index in [1.54, 1.807) is 0 Å². The summed E-state index contributed by atoms with van der Waals surface area (Å²) in [5.74, 6) is 0.525. The fourth-order valence-corrected chi connectivity index (χ4v) is 2.79. The van der Waals surface area contributed by atoms with Gasteiger partial charge in [0.15, 0.2) is 5.16 Å². The lowest BCUT2D eigenvalue weighted by molar-refractivity contribution is -0.118. The van der Waals surface area contributed by atoms with Gasteiger partial charge in [0.1, 0.15) is 0 Å². The molecule has 1 amide bonds. The van der Waals surface area contributed by atoms with Gasteiger partial charge in [-0.05, 0) is 18.4 Å². The first-order valence-electron chi connectivity index (χ1n) is 6.73. The minimum atomic E-state index is 0.0989. The number of hydrogen-bond acceptors (Lipinski definition) is 3. The lowest BCUT2D eigenvalue weighted by Crippen LogP contribution is -2.27. The van der Waals surface area contributed by atoms with Crippen molar-refractivity contribution in [2.45, 2.75) is 24.0 Å². The molecule has 0 atom stereocenters. The lowest BCUT2D eigenvalue weighted by atomic mass is 10.2. The highest BCUT2D eigenvalue weighted by Gasteiger charge is 2.23. The Bertz CT molecular complexity index is 605. The molecule has 0 aliphatic heterocycles. The zero-order valence-corrected chi connectivity index (χ0v) is 12.2. The summed E-state index contributed by atoms with van der Waals surface area (Å²) >= 11 is 1.48. The average molecular weight is 287 g/mol. The van der Waals surface area contributed by atoms with Crippen LogP contribution in [-0.4, -0.2) is 27.3 Å². The molecule has 0 saturated heterocycles. The third-order valence-electron chi connectivity index (χ3n) is 3.29. The first kappa shape index (κ1) is 13.2. The second kappa shape index (κ2) is 5.71. The Morgan fingerprint density at radius 1 is 1.40 bits per heavy atom. The summed E-state index contributed by atoms with van der Waals surface area (Å²) in [7, 11) is 1.98. The molecule has 0 unspecified atom stereocenters. The van der Waals surface area contributed by atoms with Gasteiger partial charge in [0.05, 0.1) is 17.6 Å². The summed E-state index contributed by atoms with van der Waals surface area (Å²) in [6.07, 6.45) is 4.10. The van der Waals surface area contributed by atoms with Gasteiger partial charge in [0.25, 0.3) is 0 Å². The summed E-state index contributed by atoms with van der Waals surface area (Å²) in [6, 6.07) is 10.6. The highest BCUT2D eigenvalue weighted by molar-refractivity contribution is 7.99. The Morgan fingerprint density at radius 3 is 2.85 bits per heavy atom. The van der Waals surface area contributed by atoms with Crippen molar-refractivity contribution in [3.05, 3.63) is 36.5 Å². The quantitative estimate of drug-likeness (QED) is 0.859. The molecule has 1 saturated carbocycles. The zero-order valence-electron chi connectivity index (χ0n) is 11.4. The minimum absolute atomic E-state index is 0.0989. The van der Waals surface area contributed by atoms with E-state index in [-0.39, 0.29) is 5.91 Å². The number of carbonyl (C=O) groups is 1. The molecule has 3 rings (SSSR count). The zero-order chi connectivity index (χ0) is 13.9. The Kier molecular flexibility index (Phi) is 3.78. The van der Waals surface area contributed by atoms with Crippen LogP contribution in [0.2, 0.25) is 0 Å². The predicted octanol–water partition coefficient (Wildman–Crippen LogP) is 2.46. The number of carbonyl (C=O) groups excluding carboxylic acids is 1. The number of nitrogens with zero attached hydrogens (tertiary/aromatic N) is 2. The molecule has 2 aromatic rings. The van der Waals surface area contributed by atoms with Gasteiger partial charge in [-0.3, -0.25) is 4.79 Å². The molecular formula is C15H17N3OS. The minimum Gasteiger partial charge on any atom is -0.353 e. The van der Waals surface area contributed by atoms with Crippen LogP contribution in [0.5, 0.6) is 0 Å². The van der Waals surface area contributed by atoms with Gasteiger partial charge in [0.2, 0.25) is 5.91 Å². The molecule has 1 N–H and O–H groups in total. The number of rotatable bonds is 5. The Labute approximate surface area is 122 Å². The molecule has 0 bridgehead atoms. The van der Waals surface area contributed by atoms with Crippen molar-refractivity contribution in [1.82, 2.24) is 14.9 Å². The van der Waals surface area contributed by atoms with Crippen molar-refractivity contribution in [2.24, 2.45) is 7.05 Å².